The van der Waals surface area contributed by atoms with E-state index in [0.717, 1.165) is 17.9 Å². The largest absolute Gasteiger partial charge is 0.455 e. The molecule has 1 aliphatic carbocycles. The molecule has 1 aliphatic heterocycles. The summed E-state index contributed by atoms with van der Waals surface area (Å²) in [5, 5.41) is 7.97. The molecule has 1 saturated carbocycles. The van der Waals surface area contributed by atoms with Gasteiger partial charge >= 0.3 is 0 Å². The van der Waals surface area contributed by atoms with Crippen LogP contribution in [0.3, 0.4) is 0 Å². The molecule has 0 bridgehead atoms. The Labute approximate surface area is 219 Å². The van der Waals surface area contributed by atoms with Crippen molar-refractivity contribution in [1.82, 2.24) is 0 Å². The number of hydrogen-bond acceptors (Lipinski definition) is 1. The average Bonchev–Trinajstić information content (AvgIpc) is 3.42. The smallest absolute Gasteiger partial charge is 0.228 e. The lowest BCUT2D eigenvalue weighted by atomic mass is 9.84. The molecule has 2 heterocycles. The van der Waals surface area contributed by atoms with Gasteiger partial charge < -0.3 is 4.74 Å². The zero-order valence-electron chi connectivity index (χ0n) is 22.7. The van der Waals surface area contributed by atoms with E-state index in [4.69, 9.17) is 4.74 Å². The van der Waals surface area contributed by atoms with Crippen molar-refractivity contribution in [3.05, 3.63) is 77.0 Å². The van der Waals surface area contributed by atoms with E-state index in [1.807, 2.05) is 0 Å². The average molecular weight is 487 g/mol. The van der Waals surface area contributed by atoms with Crippen LogP contribution < -0.4 is 9.30 Å². The highest BCUT2D eigenvalue weighted by atomic mass is 16.5. The van der Waals surface area contributed by atoms with Gasteiger partial charge in [0.15, 0.2) is 6.20 Å². The minimum Gasteiger partial charge on any atom is -0.455 e. The first-order valence-corrected chi connectivity index (χ1v) is 14.0. The van der Waals surface area contributed by atoms with Crippen molar-refractivity contribution in [2.75, 3.05) is 0 Å². The predicted octanol–water partition coefficient (Wildman–Crippen LogP) is 9.22. The number of nitrogens with zero attached hydrogens (tertiary/aromatic N) is 1. The topological polar surface area (TPSA) is 13.1 Å². The van der Waals surface area contributed by atoms with Crippen LogP contribution in [0.1, 0.15) is 67.7 Å². The minimum atomic E-state index is 0.538. The Morgan fingerprint density at radius 1 is 0.892 bits per heavy atom. The maximum atomic E-state index is 7.07. The molecule has 0 spiro atoms. The third-order valence-electron chi connectivity index (χ3n) is 8.91. The molecule has 2 nitrogen and oxygen atoms in total. The molecule has 0 amide bonds. The maximum Gasteiger partial charge on any atom is 0.228 e. The van der Waals surface area contributed by atoms with Gasteiger partial charge in [-0.2, -0.15) is 0 Å². The lowest BCUT2D eigenvalue weighted by Gasteiger charge is -2.27. The van der Waals surface area contributed by atoms with Crippen LogP contribution in [0.2, 0.25) is 0 Å². The van der Waals surface area contributed by atoms with Crippen molar-refractivity contribution in [1.29, 1.82) is 0 Å². The summed E-state index contributed by atoms with van der Waals surface area (Å²) in [4.78, 5) is 0. The molecule has 1 aromatic heterocycles. The van der Waals surface area contributed by atoms with Gasteiger partial charge in [-0.05, 0) is 83.7 Å². The molecule has 4 aromatic carbocycles. The van der Waals surface area contributed by atoms with Gasteiger partial charge in [-0.1, -0.05) is 68.7 Å². The summed E-state index contributed by atoms with van der Waals surface area (Å²) in [5.41, 5.74) is 8.02. The molecular weight excluding hydrogens is 450 g/mol. The Hall–Kier alpha value is -3.39. The monoisotopic (exact) mass is 486 g/mol. The van der Waals surface area contributed by atoms with Crippen molar-refractivity contribution in [3.8, 4) is 22.8 Å². The molecule has 0 saturated heterocycles. The molecule has 7 rings (SSSR count). The first-order chi connectivity index (χ1) is 17.9. The second-order valence-corrected chi connectivity index (χ2v) is 11.9. The summed E-state index contributed by atoms with van der Waals surface area (Å²) in [6.45, 7) is 9.10. The van der Waals surface area contributed by atoms with Crippen LogP contribution in [0.4, 0.5) is 0 Å². The van der Waals surface area contributed by atoms with E-state index < -0.39 is 0 Å². The van der Waals surface area contributed by atoms with E-state index in [2.05, 4.69) is 94.0 Å². The third kappa shape index (κ3) is 3.34. The highest BCUT2D eigenvalue weighted by molar-refractivity contribution is 6.17. The Balaban J connectivity index is 1.62. The number of pyridine rings is 1. The predicted molar refractivity (Wildman–Crippen MR) is 155 cm³/mol. The molecule has 37 heavy (non-hydrogen) atoms. The summed E-state index contributed by atoms with van der Waals surface area (Å²) >= 11 is 0. The Kier molecular flexibility index (Phi) is 5.12. The standard InChI is InChI=1S/C35H36NO/c1-20(2)17-30-26-14-13-21(3)18-28(26)22(4)32-34-33-27(15-16-36(34)5)25-12-8-11-24(23-9-6-7-10-23)29(25)19-31(33)37-35(30)32/h8,11-16,18-20,23H,6-7,9-10,17H2,1-5H3/q+1. The first-order valence-electron chi connectivity index (χ1n) is 14.0. The van der Waals surface area contributed by atoms with Crippen LogP contribution in [0.5, 0.6) is 11.5 Å². The summed E-state index contributed by atoms with van der Waals surface area (Å²) in [6, 6.07) is 18.5. The number of ether oxygens (including phenoxy) is 1. The lowest BCUT2D eigenvalue weighted by molar-refractivity contribution is -0.659. The summed E-state index contributed by atoms with van der Waals surface area (Å²) in [6.07, 6.45) is 8.53. The van der Waals surface area contributed by atoms with Gasteiger partial charge in [0.05, 0.1) is 10.9 Å². The molecule has 1 fully saturated rings. The first kappa shape index (κ1) is 22.8. The maximum absolute atomic E-state index is 7.07. The van der Waals surface area contributed by atoms with Crippen LogP contribution in [0, 0.1) is 19.8 Å². The van der Waals surface area contributed by atoms with Gasteiger partial charge in [-0.15, -0.1) is 0 Å². The van der Waals surface area contributed by atoms with E-state index >= 15 is 0 Å². The van der Waals surface area contributed by atoms with Crippen LogP contribution in [0.25, 0.3) is 43.6 Å². The van der Waals surface area contributed by atoms with Crippen LogP contribution >= 0.6 is 0 Å². The summed E-state index contributed by atoms with van der Waals surface area (Å²) in [5.74, 6) is 3.28. The molecule has 0 unspecified atom stereocenters. The number of hydrogen-bond donors (Lipinski definition) is 0. The number of benzene rings is 4. The number of rotatable bonds is 3. The van der Waals surface area contributed by atoms with Crippen molar-refractivity contribution >= 4 is 32.3 Å². The summed E-state index contributed by atoms with van der Waals surface area (Å²) in [7, 11) is 2.19. The van der Waals surface area contributed by atoms with E-state index in [-0.39, 0.29) is 0 Å². The Morgan fingerprint density at radius 2 is 1.70 bits per heavy atom. The van der Waals surface area contributed by atoms with Gasteiger partial charge in [0.25, 0.3) is 0 Å². The minimum absolute atomic E-state index is 0.538. The normalized spacial score (nSPS) is 15.2. The van der Waals surface area contributed by atoms with Crippen molar-refractivity contribution in [3.63, 3.8) is 0 Å². The number of aromatic nitrogens is 1. The molecule has 2 aliphatic rings. The van der Waals surface area contributed by atoms with E-state index in [9.17, 15) is 0 Å². The number of aryl methyl sites for hydroxylation is 3. The molecule has 5 aromatic rings. The van der Waals surface area contributed by atoms with Gasteiger partial charge in [-0.25, -0.2) is 4.57 Å². The zero-order chi connectivity index (χ0) is 25.4. The second-order valence-electron chi connectivity index (χ2n) is 11.9. The Bertz CT molecular complexity index is 1740. The molecule has 0 atom stereocenters. The molecule has 0 radical (unpaired) electrons. The van der Waals surface area contributed by atoms with E-state index in [1.165, 1.54) is 91.5 Å². The molecule has 0 N–H and O–H groups in total. The third-order valence-corrected chi connectivity index (χ3v) is 8.91. The second kappa shape index (κ2) is 8.31. The van der Waals surface area contributed by atoms with Gasteiger partial charge in [0.1, 0.15) is 18.5 Å². The fourth-order valence-corrected chi connectivity index (χ4v) is 7.21. The van der Waals surface area contributed by atoms with Gasteiger partial charge in [0.2, 0.25) is 5.69 Å². The Morgan fingerprint density at radius 3 is 2.49 bits per heavy atom. The van der Waals surface area contributed by atoms with E-state index in [1.54, 1.807) is 0 Å². The van der Waals surface area contributed by atoms with Crippen LogP contribution in [0.15, 0.2) is 54.7 Å². The van der Waals surface area contributed by atoms with Gasteiger partial charge in [0, 0.05) is 17.0 Å². The molecule has 186 valence electrons. The highest BCUT2D eigenvalue weighted by Crippen LogP contribution is 2.53. The van der Waals surface area contributed by atoms with Crippen LogP contribution in [-0.2, 0) is 13.5 Å². The van der Waals surface area contributed by atoms with Crippen molar-refractivity contribution in [2.45, 2.75) is 65.7 Å². The van der Waals surface area contributed by atoms with Gasteiger partial charge in [-0.3, -0.25) is 0 Å². The fourth-order valence-electron chi connectivity index (χ4n) is 7.21. The number of fused-ring (bicyclic) bond motifs is 5. The van der Waals surface area contributed by atoms with Crippen molar-refractivity contribution in [2.24, 2.45) is 13.0 Å². The SMILES string of the molecule is Cc1ccc2c(CC(C)C)c3c(c(C)c2c1)-c1c2c(cc4c(C5CCCC5)cccc4c2cc[n+]1C)O3. The van der Waals surface area contributed by atoms with Crippen molar-refractivity contribution < 1.29 is 9.30 Å². The lowest BCUT2D eigenvalue weighted by Crippen LogP contribution is -2.32. The quantitative estimate of drug-likeness (QED) is 0.179. The molecule has 2 heteroatoms. The van der Waals surface area contributed by atoms with Crippen LogP contribution in [-0.4, -0.2) is 0 Å². The molecular formula is C35H36NO+. The van der Waals surface area contributed by atoms with E-state index in [0.29, 0.717) is 11.8 Å². The fraction of sp³-hybridized carbons (Fsp3) is 0.343. The highest BCUT2D eigenvalue weighted by Gasteiger charge is 2.34. The summed E-state index contributed by atoms with van der Waals surface area (Å²) < 4.78 is 9.38. The zero-order valence-corrected chi connectivity index (χ0v) is 22.7.